The minimum Gasteiger partial charge on any atom is -0.445 e. The van der Waals surface area contributed by atoms with Crippen LogP contribution in [0.5, 0.6) is 0 Å². The molecule has 3 aromatic carbocycles. The molecule has 4 N–H and O–H groups in total. The number of aryl methyl sites for hydroxylation is 1. The number of pyridine rings is 1. The Morgan fingerprint density at radius 3 is 2.38 bits per heavy atom. The summed E-state index contributed by atoms with van der Waals surface area (Å²) in [6.07, 6.45) is 4.66. The van der Waals surface area contributed by atoms with E-state index in [9.17, 15) is 24.0 Å². The van der Waals surface area contributed by atoms with Crippen LogP contribution in [0, 0.1) is 5.82 Å². The van der Waals surface area contributed by atoms with Gasteiger partial charge in [-0.2, -0.15) is 10.2 Å². The lowest BCUT2D eigenvalue weighted by atomic mass is 10.0. The molecule has 63 heavy (non-hydrogen) atoms. The third kappa shape index (κ3) is 10.9. The third-order valence-corrected chi connectivity index (χ3v) is 10.6. The highest BCUT2D eigenvalue weighted by atomic mass is 19.1. The monoisotopic (exact) mass is 858 g/mol. The Balaban J connectivity index is 0.905. The molecule has 6 aromatic rings. The number of aromatic nitrogens is 5. The molecule has 0 saturated carbocycles. The molecule has 326 valence electrons. The van der Waals surface area contributed by atoms with E-state index in [1.54, 1.807) is 58.4 Å². The SMILES string of the molecule is CCn1cc(-c2cnc(C(=O)NCCOCCN(CC(=O)N3CCN(C(=O)c4cc(Cc5n[nH]c(=O)c6ccccc56)ccc4F)CC3)C(=O)OCc3ccccc3)c(N)c2)cn1. The molecule has 1 saturated heterocycles. The van der Waals surface area contributed by atoms with Crippen LogP contribution in [-0.4, -0.2) is 123 Å². The Bertz CT molecular complexity index is 2650. The lowest BCUT2D eigenvalue weighted by Crippen LogP contribution is -2.53. The highest BCUT2D eigenvalue weighted by molar-refractivity contribution is 5.98. The number of nitrogen functional groups attached to an aromatic ring is 1. The van der Waals surface area contributed by atoms with Crippen molar-refractivity contribution in [3.8, 4) is 11.1 Å². The van der Waals surface area contributed by atoms with Gasteiger partial charge < -0.3 is 30.3 Å². The number of nitrogens with one attached hydrogen (secondary N) is 2. The van der Waals surface area contributed by atoms with Gasteiger partial charge in [-0.3, -0.25) is 28.8 Å². The number of rotatable bonds is 16. The van der Waals surface area contributed by atoms with E-state index < -0.39 is 23.7 Å². The molecule has 3 aromatic heterocycles. The smallest absolute Gasteiger partial charge is 0.410 e. The molecule has 4 heterocycles. The molecule has 4 amide bonds. The summed E-state index contributed by atoms with van der Waals surface area (Å²) < 4.78 is 28.2. The first-order chi connectivity index (χ1) is 30.6. The van der Waals surface area contributed by atoms with Crippen LogP contribution in [0.3, 0.4) is 0 Å². The Labute approximate surface area is 361 Å². The zero-order valence-corrected chi connectivity index (χ0v) is 34.7. The Hall–Kier alpha value is -7.47. The molecule has 0 radical (unpaired) electrons. The predicted octanol–water partition coefficient (Wildman–Crippen LogP) is 3.88. The number of anilines is 1. The normalized spacial score (nSPS) is 12.6. The zero-order valence-electron chi connectivity index (χ0n) is 34.7. The van der Waals surface area contributed by atoms with Gasteiger partial charge in [0.1, 0.15) is 19.0 Å². The van der Waals surface area contributed by atoms with Gasteiger partial charge in [0.2, 0.25) is 5.91 Å². The zero-order chi connectivity index (χ0) is 44.3. The van der Waals surface area contributed by atoms with E-state index in [0.717, 1.165) is 16.7 Å². The van der Waals surface area contributed by atoms with Gasteiger partial charge >= 0.3 is 6.09 Å². The van der Waals surface area contributed by atoms with Crippen LogP contribution in [0.4, 0.5) is 14.9 Å². The average molecular weight is 859 g/mol. The summed E-state index contributed by atoms with van der Waals surface area (Å²) in [6, 6.07) is 22.1. The van der Waals surface area contributed by atoms with Crippen molar-refractivity contribution in [2.75, 3.05) is 64.8 Å². The fourth-order valence-corrected chi connectivity index (χ4v) is 7.10. The number of amides is 4. The van der Waals surface area contributed by atoms with Crippen LogP contribution in [-0.2, 0) is 33.8 Å². The lowest BCUT2D eigenvalue weighted by Gasteiger charge is -2.36. The second-order valence-corrected chi connectivity index (χ2v) is 14.8. The number of nitrogens with zero attached hydrogens (tertiary/aromatic N) is 7. The van der Waals surface area contributed by atoms with E-state index in [1.807, 2.05) is 43.5 Å². The van der Waals surface area contributed by atoms with Crippen LogP contribution in [0.25, 0.3) is 21.9 Å². The first-order valence-electron chi connectivity index (χ1n) is 20.5. The van der Waals surface area contributed by atoms with Gasteiger partial charge in [0.25, 0.3) is 17.4 Å². The van der Waals surface area contributed by atoms with Crippen molar-refractivity contribution in [2.24, 2.45) is 0 Å². The highest BCUT2D eigenvalue weighted by Gasteiger charge is 2.29. The number of piperazine rings is 1. The summed E-state index contributed by atoms with van der Waals surface area (Å²) in [5.41, 5.74) is 9.56. The van der Waals surface area contributed by atoms with Crippen molar-refractivity contribution < 1.29 is 33.0 Å². The van der Waals surface area contributed by atoms with Crippen LogP contribution >= 0.6 is 0 Å². The van der Waals surface area contributed by atoms with Crippen molar-refractivity contribution in [3.63, 3.8) is 0 Å². The molecule has 0 bridgehead atoms. The largest absolute Gasteiger partial charge is 0.445 e. The number of ether oxygens (including phenoxy) is 2. The maximum Gasteiger partial charge on any atom is 0.410 e. The topological polar surface area (TPSA) is 211 Å². The van der Waals surface area contributed by atoms with Crippen molar-refractivity contribution in [3.05, 3.63) is 142 Å². The van der Waals surface area contributed by atoms with Gasteiger partial charge in [-0.1, -0.05) is 54.6 Å². The molecule has 17 nitrogen and oxygen atoms in total. The number of nitrogens with two attached hydrogens (primary N) is 1. The first kappa shape index (κ1) is 43.6. The number of aromatic amines is 1. The molecular weight excluding hydrogens is 812 g/mol. The maximum absolute atomic E-state index is 15.1. The maximum atomic E-state index is 15.1. The minimum atomic E-state index is -0.717. The van der Waals surface area contributed by atoms with Crippen LogP contribution in [0.2, 0.25) is 0 Å². The number of carbonyl (C=O) groups excluding carboxylic acids is 4. The van der Waals surface area contributed by atoms with E-state index in [0.29, 0.717) is 28.6 Å². The standard InChI is InChI=1S/C45H47FN10O7/c1-2-56-27-33(26-50-56)32-24-38(47)41(49-25-32)43(59)48-14-20-62-21-19-55(45(61)63-29-30-8-4-3-5-9-30)28-40(57)53-15-17-54(18-16-53)44(60)36-22-31(12-13-37(36)46)23-39-34-10-6-7-11-35(34)42(58)52-51-39/h3-13,22,24-27H,2,14-21,23,28-29,47H2,1H3,(H,48,59)(H,52,58). The molecular formula is C45H47FN10O7. The molecule has 0 unspecified atom stereocenters. The lowest BCUT2D eigenvalue weighted by molar-refractivity contribution is -0.133. The van der Waals surface area contributed by atoms with Gasteiger partial charge in [-0.05, 0) is 42.3 Å². The van der Waals surface area contributed by atoms with Crippen molar-refractivity contribution in [1.29, 1.82) is 0 Å². The second kappa shape index (κ2) is 20.4. The summed E-state index contributed by atoms with van der Waals surface area (Å²) in [4.78, 5) is 74.1. The molecule has 1 fully saturated rings. The molecule has 18 heteroatoms. The first-order valence-corrected chi connectivity index (χ1v) is 20.5. The summed E-state index contributed by atoms with van der Waals surface area (Å²) in [5, 5.41) is 14.8. The molecule has 7 rings (SSSR count). The van der Waals surface area contributed by atoms with Gasteiger partial charge in [0, 0.05) is 81.1 Å². The highest BCUT2D eigenvalue weighted by Crippen LogP contribution is 2.23. The molecule has 0 aliphatic carbocycles. The number of benzene rings is 3. The van der Waals surface area contributed by atoms with Crippen molar-refractivity contribution >= 4 is 40.3 Å². The van der Waals surface area contributed by atoms with E-state index >= 15 is 4.39 Å². The van der Waals surface area contributed by atoms with Gasteiger partial charge in [-0.15, -0.1) is 0 Å². The van der Waals surface area contributed by atoms with Crippen molar-refractivity contribution in [2.45, 2.75) is 26.5 Å². The summed E-state index contributed by atoms with van der Waals surface area (Å²) in [5.74, 6) is -2.04. The Kier molecular flexibility index (Phi) is 14.1. The molecule has 1 aliphatic rings. The number of fused-ring (bicyclic) bond motifs is 1. The van der Waals surface area contributed by atoms with Gasteiger partial charge in [0.15, 0.2) is 5.69 Å². The minimum absolute atomic E-state index is 0.00567. The quantitative estimate of drug-likeness (QED) is 0.119. The Morgan fingerprint density at radius 1 is 0.889 bits per heavy atom. The van der Waals surface area contributed by atoms with E-state index in [-0.39, 0.29) is 100 Å². The van der Waals surface area contributed by atoms with Crippen LogP contribution in [0.1, 0.15) is 44.6 Å². The number of hydrogen-bond acceptors (Lipinski definition) is 11. The predicted molar refractivity (Wildman–Crippen MR) is 231 cm³/mol. The van der Waals surface area contributed by atoms with Gasteiger partial charge in [-0.25, -0.2) is 19.3 Å². The van der Waals surface area contributed by atoms with E-state index in [4.69, 9.17) is 15.2 Å². The number of H-pyrrole nitrogens is 1. The fourth-order valence-electron chi connectivity index (χ4n) is 7.10. The van der Waals surface area contributed by atoms with E-state index in [1.165, 1.54) is 21.9 Å². The summed E-state index contributed by atoms with van der Waals surface area (Å²) >= 11 is 0. The van der Waals surface area contributed by atoms with Crippen molar-refractivity contribution in [1.82, 2.24) is 45.0 Å². The van der Waals surface area contributed by atoms with Crippen LogP contribution < -0.4 is 16.6 Å². The fraction of sp³-hybridized carbons (Fsp3) is 0.289. The average Bonchev–Trinajstić information content (AvgIpc) is 3.80. The number of halogens is 1. The summed E-state index contributed by atoms with van der Waals surface area (Å²) in [7, 11) is 0. The molecule has 0 spiro atoms. The summed E-state index contributed by atoms with van der Waals surface area (Å²) in [6.45, 7) is 3.25. The second-order valence-electron chi connectivity index (χ2n) is 14.8. The third-order valence-electron chi connectivity index (χ3n) is 10.6. The van der Waals surface area contributed by atoms with Gasteiger partial charge in [0.05, 0.1) is 41.7 Å². The van der Waals surface area contributed by atoms with E-state index in [2.05, 4.69) is 25.6 Å². The molecule has 0 atom stereocenters. The number of hydrogen-bond donors (Lipinski definition) is 3. The Morgan fingerprint density at radius 2 is 1.63 bits per heavy atom. The molecule has 1 aliphatic heterocycles. The number of carbonyl (C=O) groups is 4. The van der Waals surface area contributed by atoms with Crippen LogP contribution in [0.15, 0.2) is 102 Å².